The summed E-state index contributed by atoms with van der Waals surface area (Å²) in [5.74, 6) is -3.95. The average molecular weight is 417 g/mol. The van der Waals surface area contributed by atoms with Gasteiger partial charge >= 0.3 is 5.97 Å². The summed E-state index contributed by atoms with van der Waals surface area (Å²) in [6, 6.07) is -3.60. The molecule has 0 rings (SSSR count). The first-order valence-corrected chi connectivity index (χ1v) is 9.02. The molecule has 29 heavy (non-hydrogen) atoms. The van der Waals surface area contributed by atoms with Crippen molar-refractivity contribution >= 4 is 29.7 Å². The number of carboxylic acid groups (broad SMARTS) is 1. The van der Waals surface area contributed by atoms with Gasteiger partial charge in [-0.25, -0.2) is 4.79 Å². The molecule has 0 bridgehead atoms. The molecule has 13 heteroatoms. The van der Waals surface area contributed by atoms with Crippen LogP contribution in [0.1, 0.15) is 26.7 Å². The first kappa shape index (κ1) is 26.1. The van der Waals surface area contributed by atoms with Crippen molar-refractivity contribution < 1.29 is 29.4 Å². The van der Waals surface area contributed by atoms with Crippen molar-refractivity contribution in [2.75, 3.05) is 19.7 Å². The van der Waals surface area contributed by atoms with E-state index in [0.29, 0.717) is 6.42 Å². The number of amides is 3. The quantitative estimate of drug-likeness (QED) is 0.0831. The summed E-state index contributed by atoms with van der Waals surface area (Å²) in [7, 11) is 0. The van der Waals surface area contributed by atoms with Gasteiger partial charge < -0.3 is 43.4 Å². The second-order valence-corrected chi connectivity index (χ2v) is 6.59. The lowest BCUT2D eigenvalue weighted by Gasteiger charge is -2.26. The minimum atomic E-state index is -1.30. The minimum Gasteiger partial charge on any atom is -0.480 e. The number of aliphatic carboxylic acids is 1. The van der Waals surface area contributed by atoms with Crippen LogP contribution in [0.2, 0.25) is 0 Å². The van der Waals surface area contributed by atoms with E-state index in [9.17, 15) is 29.4 Å². The fraction of sp³-hybridized carbons (Fsp3) is 0.688. The largest absolute Gasteiger partial charge is 0.480 e. The first-order chi connectivity index (χ1) is 13.5. The fourth-order valence-electron chi connectivity index (χ4n) is 2.26. The van der Waals surface area contributed by atoms with Gasteiger partial charge in [0.15, 0.2) is 5.96 Å². The maximum Gasteiger partial charge on any atom is 0.326 e. The predicted molar refractivity (Wildman–Crippen MR) is 104 cm³/mol. The fourth-order valence-corrected chi connectivity index (χ4v) is 2.26. The Bertz CT molecular complexity index is 607. The number of aliphatic hydroxyl groups is 1. The van der Waals surface area contributed by atoms with E-state index in [2.05, 4.69) is 20.9 Å². The highest BCUT2D eigenvalue weighted by molar-refractivity contribution is 5.93. The normalized spacial score (nSPS) is 13.7. The molecule has 0 heterocycles. The highest BCUT2D eigenvalue weighted by Gasteiger charge is 2.30. The molecule has 13 nitrogen and oxygen atoms in total. The monoisotopic (exact) mass is 417 g/mol. The van der Waals surface area contributed by atoms with Crippen LogP contribution in [0.15, 0.2) is 4.99 Å². The van der Waals surface area contributed by atoms with Gasteiger partial charge in [0.2, 0.25) is 17.7 Å². The summed E-state index contributed by atoms with van der Waals surface area (Å²) >= 11 is 0. The summed E-state index contributed by atoms with van der Waals surface area (Å²) in [6.07, 6.45) is 0.383. The van der Waals surface area contributed by atoms with Crippen LogP contribution >= 0.6 is 0 Å². The number of hydrogen-bond donors (Lipinski definition) is 8. The molecule has 0 aromatic rings. The van der Waals surface area contributed by atoms with E-state index in [4.69, 9.17) is 17.2 Å². The molecule has 0 aliphatic heterocycles. The van der Waals surface area contributed by atoms with Crippen LogP contribution in [0.3, 0.4) is 0 Å². The zero-order valence-electron chi connectivity index (χ0n) is 16.6. The molecule has 3 unspecified atom stereocenters. The lowest BCUT2D eigenvalue weighted by atomic mass is 10.0. The molecule has 0 aromatic heterocycles. The van der Waals surface area contributed by atoms with Crippen molar-refractivity contribution in [3.63, 3.8) is 0 Å². The van der Waals surface area contributed by atoms with Crippen LogP contribution in [0, 0.1) is 5.92 Å². The Labute approximate surface area is 168 Å². The number of hydrogen-bond acceptors (Lipinski definition) is 7. The summed E-state index contributed by atoms with van der Waals surface area (Å²) in [5.41, 5.74) is 15.5. The molecular formula is C16H31N7O6. The highest BCUT2D eigenvalue weighted by Crippen LogP contribution is 2.06. The average Bonchev–Trinajstić information content (AvgIpc) is 2.64. The SMILES string of the molecule is CC(C)C(NC(=O)C(CO)NC(=O)CN)C(=O)NC(CCCN=C(N)N)C(=O)O. The van der Waals surface area contributed by atoms with Crippen molar-refractivity contribution in [2.45, 2.75) is 44.8 Å². The number of nitrogens with two attached hydrogens (primary N) is 3. The van der Waals surface area contributed by atoms with Crippen LogP contribution in [0.25, 0.3) is 0 Å². The van der Waals surface area contributed by atoms with Crippen molar-refractivity contribution in [3.8, 4) is 0 Å². The number of carbonyl (C=O) groups is 4. The van der Waals surface area contributed by atoms with Gasteiger partial charge in [0.1, 0.15) is 18.1 Å². The van der Waals surface area contributed by atoms with Gasteiger partial charge in [-0.2, -0.15) is 0 Å². The van der Waals surface area contributed by atoms with Gasteiger partial charge in [-0.1, -0.05) is 13.8 Å². The van der Waals surface area contributed by atoms with Crippen molar-refractivity contribution in [1.82, 2.24) is 16.0 Å². The summed E-state index contributed by atoms with van der Waals surface area (Å²) in [6.45, 7) is 2.41. The number of guanidine groups is 1. The number of rotatable bonds is 13. The molecule has 3 amide bonds. The molecule has 0 fully saturated rings. The maximum absolute atomic E-state index is 12.5. The summed E-state index contributed by atoms with van der Waals surface area (Å²) in [4.78, 5) is 51.3. The van der Waals surface area contributed by atoms with E-state index in [0.717, 1.165) is 0 Å². The standard InChI is InChI=1S/C16H31N7O6/c1-8(2)12(23-13(26)10(7-24)21-11(25)6-17)14(27)22-9(15(28)29)4-3-5-20-16(18)19/h8-10,12,24H,3-7,17H2,1-2H3,(H,21,25)(H,22,27)(H,23,26)(H,28,29)(H4,18,19,20). The van der Waals surface area contributed by atoms with Crippen molar-refractivity contribution in [1.29, 1.82) is 0 Å². The van der Waals surface area contributed by atoms with Crippen molar-refractivity contribution in [2.24, 2.45) is 28.1 Å². The molecule has 166 valence electrons. The van der Waals surface area contributed by atoms with E-state index in [1.165, 1.54) is 0 Å². The van der Waals surface area contributed by atoms with Crippen LogP contribution in [0.5, 0.6) is 0 Å². The topological polar surface area (TPSA) is 235 Å². The third-order valence-corrected chi connectivity index (χ3v) is 3.83. The summed E-state index contributed by atoms with van der Waals surface area (Å²) < 4.78 is 0. The van der Waals surface area contributed by atoms with Gasteiger partial charge in [-0.15, -0.1) is 0 Å². The van der Waals surface area contributed by atoms with E-state index < -0.39 is 54.3 Å². The number of aliphatic imine (C=N–C) groups is 1. The first-order valence-electron chi connectivity index (χ1n) is 9.02. The van der Waals surface area contributed by atoms with E-state index >= 15 is 0 Å². The Morgan fingerprint density at radius 2 is 1.62 bits per heavy atom. The van der Waals surface area contributed by atoms with Crippen molar-refractivity contribution in [3.05, 3.63) is 0 Å². The lowest BCUT2D eigenvalue weighted by molar-refractivity contribution is -0.142. The lowest BCUT2D eigenvalue weighted by Crippen LogP contribution is -2.58. The molecule has 0 aliphatic carbocycles. The summed E-state index contributed by atoms with van der Waals surface area (Å²) in [5, 5.41) is 25.6. The minimum absolute atomic E-state index is 0.0719. The van der Waals surface area contributed by atoms with Crippen LogP contribution < -0.4 is 33.2 Å². The molecule has 11 N–H and O–H groups in total. The maximum atomic E-state index is 12.5. The van der Waals surface area contributed by atoms with Gasteiger partial charge in [0.05, 0.1) is 13.2 Å². The smallest absolute Gasteiger partial charge is 0.326 e. The molecule has 0 radical (unpaired) electrons. The van der Waals surface area contributed by atoms with Gasteiger partial charge in [0.25, 0.3) is 0 Å². The zero-order chi connectivity index (χ0) is 22.6. The van der Waals surface area contributed by atoms with E-state index in [1.54, 1.807) is 13.8 Å². The molecule has 0 spiro atoms. The van der Waals surface area contributed by atoms with Crippen LogP contribution in [-0.2, 0) is 19.2 Å². The Hall–Kier alpha value is -2.93. The van der Waals surface area contributed by atoms with Gasteiger partial charge in [-0.3, -0.25) is 19.4 Å². The molecule has 0 saturated heterocycles. The Morgan fingerprint density at radius 3 is 2.07 bits per heavy atom. The Kier molecular flexibility index (Phi) is 11.9. The van der Waals surface area contributed by atoms with Gasteiger partial charge in [0, 0.05) is 6.54 Å². The second-order valence-electron chi connectivity index (χ2n) is 6.59. The number of nitrogens with one attached hydrogen (secondary N) is 3. The number of carbonyl (C=O) groups excluding carboxylic acids is 3. The Balaban J connectivity index is 5.04. The molecule has 0 aliphatic rings. The number of carboxylic acids is 1. The second kappa shape index (κ2) is 13.3. The number of aliphatic hydroxyl groups excluding tert-OH is 1. The highest BCUT2D eigenvalue weighted by atomic mass is 16.4. The molecular weight excluding hydrogens is 386 g/mol. The zero-order valence-corrected chi connectivity index (χ0v) is 16.6. The van der Waals surface area contributed by atoms with Gasteiger partial charge in [-0.05, 0) is 18.8 Å². The third-order valence-electron chi connectivity index (χ3n) is 3.83. The third kappa shape index (κ3) is 10.3. The molecule has 3 atom stereocenters. The molecule has 0 saturated carbocycles. The van der Waals surface area contributed by atoms with E-state index in [1.807, 2.05) is 0 Å². The Morgan fingerprint density at radius 1 is 1.00 bits per heavy atom. The predicted octanol–water partition coefficient (Wildman–Crippen LogP) is -3.81. The van der Waals surface area contributed by atoms with E-state index in [-0.39, 0.29) is 25.5 Å². The van der Waals surface area contributed by atoms with Crippen LogP contribution in [-0.4, -0.2) is 77.7 Å². The number of nitrogens with zero attached hydrogens (tertiary/aromatic N) is 1. The molecule has 0 aromatic carbocycles. The van der Waals surface area contributed by atoms with Crippen LogP contribution in [0.4, 0.5) is 0 Å².